The third kappa shape index (κ3) is 4.24. The third-order valence-electron chi connectivity index (χ3n) is 4.04. The monoisotopic (exact) mass is 309 g/mol. The number of carbonyl (C=O) groups is 2. The molecule has 5 nitrogen and oxygen atoms in total. The number of nitrogens with zero attached hydrogens (tertiary/aromatic N) is 1. The van der Waals surface area contributed by atoms with E-state index in [0.29, 0.717) is 12.3 Å². The Morgan fingerprint density at radius 2 is 1.95 bits per heavy atom. The average molecular weight is 309 g/mol. The number of allylic oxidation sites excluding steroid dienone is 1. The first-order chi connectivity index (χ1) is 10.3. The summed E-state index contributed by atoms with van der Waals surface area (Å²) in [6.45, 7) is 7.99. The minimum atomic E-state index is -0.536. The van der Waals surface area contributed by atoms with Crippen molar-refractivity contribution in [3.63, 3.8) is 0 Å². The number of rotatable bonds is 1. The van der Waals surface area contributed by atoms with Gasteiger partial charge in [-0.05, 0) is 46.6 Å². The summed E-state index contributed by atoms with van der Waals surface area (Å²) in [5, 5.41) is 0. The Morgan fingerprint density at radius 1 is 1.27 bits per heavy atom. The molecule has 0 spiro atoms. The van der Waals surface area contributed by atoms with Gasteiger partial charge in [-0.2, -0.15) is 0 Å². The van der Waals surface area contributed by atoms with Crippen molar-refractivity contribution in [2.75, 3.05) is 6.54 Å². The lowest BCUT2D eigenvalue weighted by Gasteiger charge is -2.36. The standard InChI is InChI=1S/C17H27NO4/c1-12-11-13(15(19)21-12)14-9-7-5-6-8-10-18(14)16(20)22-17(2,3)4/h11,13-14H,5-10H2,1-4H3/t13?,14-/m1/s1. The van der Waals surface area contributed by atoms with Crippen molar-refractivity contribution in [3.8, 4) is 0 Å². The molecule has 1 amide bonds. The van der Waals surface area contributed by atoms with Crippen molar-refractivity contribution in [3.05, 3.63) is 11.8 Å². The molecule has 0 N–H and O–H groups in total. The first-order valence-electron chi connectivity index (χ1n) is 8.18. The van der Waals surface area contributed by atoms with Gasteiger partial charge < -0.3 is 14.4 Å². The fraction of sp³-hybridized carbons (Fsp3) is 0.765. The molecule has 0 aromatic carbocycles. The molecule has 0 radical (unpaired) electrons. The third-order valence-corrected chi connectivity index (χ3v) is 4.04. The van der Waals surface area contributed by atoms with Crippen LogP contribution in [0.15, 0.2) is 11.8 Å². The topological polar surface area (TPSA) is 55.8 Å². The zero-order chi connectivity index (χ0) is 16.3. The SMILES string of the molecule is CC1=CC([C@H]2CCCCCCN2C(=O)OC(C)(C)C)C(=O)O1. The van der Waals surface area contributed by atoms with Crippen LogP contribution < -0.4 is 0 Å². The van der Waals surface area contributed by atoms with Crippen molar-refractivity contribution >= 4 is 12.1 Å². The summed E-state index contributed by atoms with van der Waals surface area (Å²) in [7, 11) is 0. The maximum atomic E-state index is 12.6. The molecule has 2 rings (SSSR count). The smallest absolute Gasteiger partial charge is 0.410 e. The molecule has 1 saturated heterocycles. The van der Waals surface area contributed by atoms with E-state index < -0.39 is 5.60 Å². The van der Waals surface area contributed by atoms with E-state index in [2.05, 4.69) is 0 Å². The Balaban J connectivity index is 2.20. The van der Waals surface area contributed by atoms with Crippen LogP contribution in [0.4, 0.5) is 4.79 Å². The second-order valence-electron chi connectivity index (χ2n) is 7.17. The van der Waals surface area contributed by atoms with Gasteiger partial charge in [-0.1, -0.05) is 19.3 Å². The van der Waals surface area contributed by atoms with Crippen molar-refractivity contribution < 1.29 is 19.1 Å². The number of carbonyl (C=O) groups excluding carboxylic acids is 2. The van der Waals surface area contributed by atoms with Crippen LogP contribution in [0.5, 0.6) is 0 Å². The van der Waals surface area contributed by atoms with E-state index in [1.165, 1.54) is 0 Å². The summed E-state index contributed by atoms with van der Waals surface area (Å²) in [6, 6.07) is -0.167. The van der Waals surface area contributed by atoms with Gasteiger partial charge in [-0.3, -0.25) is 4.79 Å². The molecule has 2 aliphatic heterocycles. The number of hydrogen-bond acceptors (Lipinski definition) is 4. The van der Waals surface area contributed by atoms with Crippen LogP contribution >= 0.6 is 0 Å². The first-order valence-corrected chi connectivity index (χ1v) is 8.18. The number of hydrogen-bond donors (Lipinski definition) is 0. The van der Waals surface area contributed by atoms with E-state index >= 15 is 0 Å². The Bertz CT molecular complexity index is 464. The Hall–Kier alpha value is -1.52. The summed E-state index contributed by atoms with van der Waals surface area (Å²) < 4.78 is 10.7. The van der Waals surface area contributed by atoms with Gasteiger partial charge in [0.1, 0.15) is 11.4 Å². The molecule has 0 aromatic rings. The van der Waals surface area contributed by atoms with Gasteiger partial charge in [0.15, 0.2) is 0 Å². The van der Waals surface area contributed by atoms with E-state index in [1.54, 1.807) is 11.8 Å². The second-order valence-corrected chi connectivity index (χ2v) is 7.17. The molecule has 1 fully saturated rings. The number of esters is 1. The predicted molar refractivity (Wildman–Crippen MR) is 83.2 cm³/mol. The Labute approximate surface area is 132 Å². The first kappa shape index (κ1) is 16.8. The minimum absolute atomic E-state index is 0.167. The highest BCUT2D eigenvalue weighted by molar-refractivity contribution is 5.80. The Kier molecular flexibility index (Phi) is 5.14. The molecule has 5 heteroatoms. The van der Waals surface area contributed by atoms with Crippen LogP contribution in [0.25, 0.3) is 0 Å². The molecular formula is C17H27NO4. The molecule has 2 aliphatic rings. The molecule has 0 saturated carbocycles. The lowest BCUT2D eigenvalue weighted by Crippen LogP contribution is -2.48. The van der Waals surface area contributed by atoms with Gasteiger partial charge >= 0.3 is 12.1 Å². The summed E-state index contributed by atoms with van der Waals surface area (Å²) >= 11 is 0. The van der Waals surface area contributed by atoms with E-state index in [4.69, 9.17) is 9.47 Å². The van der Waals surface area contributed by atoms with E-state index in [9.17, 15) is 9.59 Å². The van der Waals surface area contributed by atoms with Crippen molar-refractivity contribution in [2.45, 2.75) is 71.4 Å². The van der Waals surface area contributed by atoms with E-state index in [-0.39, 0.29) is 24.0 Å². The molecule has 22 heavy (non-hydrogen) atoms. The average Bonchev–Trinajstić information content (AvgIpc) is 2.65. The highest BCUT2D eigenvalue weighted by Gasteiger charge is 2.39. The molecule has 0 aliphatic carbocycles. The van der Waals surface area contributed by atoms with Crippen LogP contribution in [-0.4, -0.2) is 35.2 Å². The summed E-state index contributed by atoms with van der Waals surface area (Å²) in [5.74, 6) is 0.00319. The van der Waals surface area contributed by atoms with Crippen LogP contribution in [0.2, 0.25) is 0 Å². The van der Waals surface area contributed by atoms with Crippen molar-refractivity contribution in [1.29, 1.82) is 0 Å². The minimum Gasteiger partial charge on any atom is -0.444 e. The molecule has 2 atom stereocenters. The van der Waals surface area contributed by atoms with Gasteiger partial charge in [0, 0.05) is 6.54 Å². The van der Waals surface area contributed by atoms with E-state index in [1.807, 2.05) is 26.8 Å². The van der Waals surface area contributed by atoms with Gasteiger partial charge in [0.2, 0.25) is 0 Å². The highest BCUT2D eigenvalue weighted by atomic mass is 16.6. The molecule has 0 aromatic heterocycles. The van der Waals surface area contributed by atoms with Crippen LogP contribution in [0, 0.1) is 5.92 Å². The maximum Gasteiger partial charge on any atom is 0.410 e. The normalized spacial score (nSPS) is 26.8. The molecule has 2 heterocycles. The van der Waals surface area contributed by atoms with Crippen molar-refractivity contribution in [2.24, 2.45) is 5.92 Å². The van der Waals surface area contributed by atoms with Gasteiger partial charge in [0.05, 0.1) is 12.0 Å². The van der Waals surface area contributed by atoms with Crippen LogP contribution in [0.3, 0.4) is 0 Å². The molecule has 0 bridgehead atoms. The highest BCUT2D eigenvalue weighted by Crippen LogP contribution is 2.30. The van der Waals surface area contributed by atoms with Gasteiger partial charge in [-0.25, -0.2) is 4.79 Å². The molecule has 1 unspecified atom stereocenters. The van der Waals surface area contributed by atoms with Gasteiger partial charge in [0.25, 0.3) is 0 Å². The largest absolute Gasteiger partial charge is 0.444 e. The van der Waals surface area contributed by atoms with Crippen molar-refractivity contribution in [1.82, 2.24) is 4.90 Å². The lowest BCUT2D eigenvalue weighted by molar-refractivity contribution is -0.141. The number of cyclic esters (lactones) is 1. The lowest BCUT2D eigenvalue weighted by atomic mass is 9.91. The number of likely N-dealkylation sites (tertiary alicyclic amines) is 1. The fourth-order valence-corrected chi connectivity index (χ4v) is 3.08. The summed E-state index contributed by atoms with van der Waals surface area (Å²) in [6.07, 6.45) is 6.53. The van der Waals surface area contributed by atoms with E-state index in [0.717, 1.165) is 32.1 Å². The fourth-order valence-electron chi connectivity index (χ4n) is 3.08. The number of ether oxygens (including phenoxy) is 2. The quantitative estimate of drug-likeness (QED) is 0.694. The molecular weight excluding hydrogens is 282 g/mol. The summed E-state index contributed by atoms with van der Waals surface area (Å²) in [5.41, 5.74) is -0.536. The molecule has 124 valence electrons. The zero-order valence-electron chi connectivity index (χ0n) is 14.1. The van der Waals surface area contributed by atoms with Crippen LogP contribution in [0.1, 0.15) is 59.8 Å². The summed E-state index contributed by atoms with van der Waals surface area (Å²) in [4.78, 5) is 26.4. The van der Waals surface area contributed by atoms with Gasteiger partial charge in [-0.15, -0.1) is 0 Å². The predicted octanol–water partition coefficient (Wildman–Crippen LogP) is 3.63. The number of amides is 1. The maximum absolute atomic E-state index is 12.6. The van der Waals surface area contributed by atoms with Crippen LogP contribution in [-0.2, 0) is 14.3 Å². The Morgan fingerprint density at radius 3 is 2.55 bits per heavy atom. The second kappa shape index (κ2) is 6.71. The zero-order valence-corrected chi connectivity index (χ0v) is 14.1.